The Labute approximate surface area is 167 Å². The molecule has 1 aliphatic heterocycles. The van der Waals surface area contributed by atoms with E-state index in [2.05, 4.69) is 0 Å². The van der Waals surface area contributed by atoms with E-state index in [4.69, 9.17) is 13.9 Å². The Hall–Kier alpha value is -2.84. The van der Waals surface area contributed by atoms with Crippen molar-refractivity contribution < 1.29 is 34.0 Å². The van der Waals surface area contributed by atoms with E-state index in [-0.39, 0.29) is 47.7 Å². The van der Waals surface area contributed by atoms with Crippen LogP contribution in [0.15, 0.2) is 33.0 Å². The Morgan fingerprint density at radius 1 is 1.38 bits per heavy atom. The van der Waals surface area contributed by atoms with E-state index in [1.165, 1.54) is 6.07 Å². The predicted octanol–water partition coefficient (Wildman–Crippen LogP) is 1.94. The van der Waals surface area contributed by atoms with Crippen LogP contribution in [-0.2, 0) is 22.6 Å². The van der Waals surface area contributed by atoms with Crippen LogP contribution in [0.3, 0.4) is 0 Å². The summed E-state index contributed by atoms with van der Waals surface area (Å²) in [6, 6.07) is 2.58. The molecule has 0 amide bonds. The summed E-state index contributed by atoms with van der Waals surface area (Å²) in [4.78, 5) is 24.7. The summed E-state index contributed by atoms with van der Waals surface area (Å²) in [6.45, 7) is 4.38. The van der Waals surface area contributed by atoms with Gasteiger partial charge in [0.2, 0.25) is 0 Å². The maximum absolute atomic E-state index is 12.4. The standard InChI is InChI=1S/C21H24O8/c1-4-11(2)20(26)28-17-8-13-15(29-21(17,3)5-6-22)9-16-18(19(13)25)14(24)7-12(10-23)27-16/h4,7,9,17,22-23,25H,5-6,8,10H2,1-3H3. The molecule has 0 radical (unpaired) electrons. The third-order valence-corrected chi connectivity index (χ3v) is 5.29. The molecular weight excluding hydrogens is 380 g/mol. The zero-order valence-corrected chi connectivity index (χ0v) is 16.5. The molecule has 0 saturated heterocycles. The molecule has 2 atom stereocenters. The van der Waals surface area contributed by atoms with Crippen LogP contribution >= 0.6 is 0 Å². The molecule has 0 saturated carbocycles. The van der Waals surface area contributed by atoms with Crippen LogP contribution in [0.1, 0.15) is 38.5 Å². The summed E-state index contributed by atoms with van der Waals surface area (Å²) in [6.07, 6.45) is 1.10. The summed E-state index contributed by atoms with van der Waals surface area (Å²) in [5, 5.41) is 29.5. The number of benzene rings is 1. The number of carbonyl (C=O) groups is 1. The minimum Gasteiger partial charge on any atom is -0.507 e. The first-order valence-electron chi connectivity index (χ1n) is 9.30. The molecule has 3 N–H and O–H groups in total. The Morgan fingerprint density at radius 3 is 2.72 bits per heavy atom. The van der Waals surface area contributed by atoms with Crippen LogP contribution in [0, 0.1) is 0 Å². The van der Waals surface area contributed by atoms with Gasteiger partial charge >= 0.3 is 5.97 Å². The molecule has 1 aliphatic rings. The largest absolute Gasteiger partial charge is 0.507 e. The van der Waals surface area contributed by atoms with Crippen molar-refractivity contribution >= 4 is 16.9 Å². The van der Waals surface area contributed by atoms with E-state index in [1.807, 2.05) is 0 Å². The lowest BCUT2D eigenvalue weighted by molar-refractivity contribution is -0.159. The summed E-state index contributed by atoms with van der Waals surface area (Å²) in [7, 11) is 0. The van der Waals surface area contributed by atoms with E-state index in [0.717, 1.165) is 6.07 Å². The van der Waals surface area contributed by atoms with E-state index < -0.39 is 29.7 Å². The molecule has 8 heteroatoms. The SMILES string of the molecule is CC=C(C)C(=O)OC1Cc2c(cc3oc(CO)cc(=O)c3c2O)OC1(C)CCO. The number of aliphatic hydroxyl groups is 2. The quantitative estimate of drug-likeness (QED) is 0.510. The normalized spacial score (nSPS) is 21.6. The highest BCUT2D eigenvalue weighted by Gasteiger charge is 2.44. The highest BCUT2D eigenvalue weighted by Crippen LogP contribution is 2.44. The van der Waals surface area contributed by atoms with Crippen molar-refractivity contribution in [3.63, 3.8) is 0 Å². The van der Waals surface area contributed by atoms with Crippen molar-refractivity contribution in [1.82, 2.24) is 0 Å². The van der Waals surface area contributed by atoms with Gasteiger partial charge in [-0.25, -0.2) is 4.79 Å². The molecule has 0 aliphatic carbocycles. The first kappa shape index (κ1) is 20.9. The zero-order valence-electron chi connectivity index (χ0n) is 16.5. The number of aliphatic hydroxyl groups excluding tert-OH is 2. The van der Waals surface area contributed by atoms with Gasteiger partial charge in [-0.1, -0.05) is 6.08 Å². The molecule has 8 nitrogen and oxygen atoms in total. The molecule has 156 valence electrons. The minimum absolute atomic E-state index is 0.0370. The van der Waals surface area contributed by atoms with Gasteiger partial charge in [0.05, 0.1) is 0 Å². The molecule has 3 rings (SSSR count). The third kappa shape index (κ3) is 3.73. The fourth-order valence-corrected chi connectivity index (χ4v) is 3.40. The summed E-state index contributed by atoms with van der Waals surface area (Å²) < 4.78 is 17.1. The van der Waals surface area contributed by atoms with Gasteiger partial charge in [0.25, 0.3) is 0 Å². The van der Waals surface area contributed by atoms with Crippen molar-refractivity contribution in [3.05, 3.63) is 45.3 Å². The van der Waals surface area contributed by atoms with Crippen LogP contribution < -0.4 is 10.2 Å². The first-order chi connectivity index (χ1) is 13.7. The molecular formula is C21H24O8. The topological polar surface area (TPSA) is 126 Å². The van der Waals surface area contributed by atoms with Crippen LogP contribution in [0.5, 0.6) is 11.5 Å². The number of ether oxygens (including phenoxy) is 2. The molecule has 0 bridgehead atoms. The number of hydrogen-bond acceptors (Lipinski definition) is 8. The Morgan fingerprint density at radius 2 is 2.10 bits per heavy atom. The van der Waals surface area contributed by atoms with E-state index in [1.54, 1.807) is 26.8 Å². The average molecular weight is 404 g/mol. The number of phenols is 1. The molecule has 2 heterocycles. The van der Waals surface area contributed by atoms with E-state index >= 15 is 0 Å². The monoisotopic (exact) mass is 404 g/mol. The molecule has 29 heavy (non-hydrogen) atoms. The fourth-order valence-electron chi connectivity index (χ4n) is 3.40. The zero-order chi connectivity index (χ0) is 21.3. The number of aromatic hydroxyl groups is 1. The molecule has 2 unspecified atom stereocenters. The second-order valence-corrected chi connectivity index (χ2v) is 7.27. The average Bonchev–Trinajstić information content (AvgIpc) is 2.68. The summed E-state index contributed by atoms with van der Waals surface area (Å²) in [5.74, 6) is -0.518. The van der Waals surface area contributed by atoms with Gasteiger partial charge in [0, 0.05) is 42.7 Å². The van der Waals surface area contributed by atoms with Gasteiger partial charge in [-0.05, 0) is 20.8 Å². The smallest absolute Gasteiger partial charge is 0.333 e. The van der Waals surface area contributed by atoms with Gasteiger partial charge < -0.3 is 29.2 Å². The van der Waals surface area contributed by atoms with Crippen molar-refractivity contribution in [2.24, 2.45) is 0 Å². The maximum atomic E-state index is 12.4. The molecule has 0 fully saturated rings. The Bertz CT molecular complexity index is 1040. The summed E-state index contributed by atoms with van der Waals surface area (Å²) >= 11 is 0. The first-order valence-corrected chi connectivity index (χ1v) is 9.30. The van der Waals surface area contributed by atoms with Gasteiger partial charge in [-0.15, -0.1) is 0 Å². The van der Waals surface area contributed by atoms with Gasteiger partial charge in [0.1, 0.15) is 46.5 Å². The lowest BCUT2D eigenvalue weighted by Crippen LogP contribution is -2.51. The van der Waals surface area contributed by atoms with Crippen molar-refractivity contribution in [1.29, 1.82) is 0 Å². The van der Waals surface area contributed by atoms with Crippen LogP contribution in [0.4, 0.5) is 0 Å². The van der Waals surface area contributed by atoms with Crippen LogP contribution in [0.2, 0.25) is 0 Å². The highest BCUT2D eigenvalue weighted by molar-refractivity contribution is 5.88. The number of carbonyl (C=O) groups excluding carboxylic acids is 1. The predicted molar refractivity (Wildman–Crippen MR) is 104 cm³/mol. The van der Waals surface area contributed by atoms with Crippen molar-refractivity contribution in [2.45, 2.75) is 51.9 Å². The van der Waals surface area contributed by atoms with Gasteiger partial charge in [-0.2, -0.15) is 0 Å². The number of esters is 1. The van der Waals surface area contributed by atoms with Crippen molar-refractivity contribution in [3.8, 4) is 11.5 Å². The minimum atomic E-state index is -1.06. The number of hydrogen-bond donors (Lipinski definition) is 3. The summed E-state index contributed by atoms with van der Waals surface area (Å²) in [5.41, 5.74) is -0.752. The maximum Gasteiger partial charge on any atom is 0.333 e. The van der Waals surface area contributed by atoms with Gasteiger partial charge in [-0.3, -0.25) is 4.79 Å². The van der Waals surface area contributed by atoms with Gasteiger partial charge in [0.15, 0.2) is 5.43 Å². The molecule has 1 aromatic heterocycles. The molecule has 2 aromatic rings. The van der Waals surface area contributed by atoms with Crippen molar-refractivity contribution in [2.75, 3.05) is 6.61 Å². The van der Waals surface area contributed by atoms with Crippen LogP contribution in [-0.4, -0.2) is 39.6 Å². The molecule has 1 aromatic carbocycles. The molecule has 0 spiro atoms. The third-order valence-electron chi connectivity index (χ3n) is 5.29. The number of fused-ring (bicyclic) bond motifs is 2. The second kappa shape index (κ2) is 7.88. The van der Waals surface area contributed by atoms with Crippen LogP contribution in [0.25, 0.3) is 11.0 Å². The number of allylic oxidation sites excluding steroid dienone is 1. The van der Waals surface area contributed by atoms with E-state index in [0.29, 0.717) is 11.1 Å². The van der Waals surface area contributed by atoms with E-state index in [9.17, 15) is 24.9 Å². The Kier molecular flexibility index (Phi) is 5.68. The highest BCUT2D eigenvalue weighted by atomic mass is 16.6. The lowest BCUT2D eigenvalue weighted by Gasteiger charge is -2.41. The second-order valence-electron chi connectivity index (χ2n) is 7.27. The fraction of sp³-hybridized carbons (Fsp3) is 0.429. The lowest BCUT2D eigenvalue weighted by atomic mass is 9.86. The number of phenolic OH excluding ortho intramolecular Hbond substituents is 1. The number of rotatable bonds is 5. The Balaban J connectivity index is 2.12.